The Kier molecular flexibility index (Phi) is 3.94. The molecule has 1 aromatic rings. The van der Waals surface area contributed by atoms with Crippen LogP contribution in [0.25, 0.3) is 0 Å². The molecule has 0 spiro atoms. The highest BCUT2D eigenvalue weighted by Gasteiger charge is 2.21. The van der Waals surface area contributed by atoms with E-state index in [9.17, 15) is 9.59 Å². The van der Waals surface area contributed by atoms with E-state index in [1.54, 1.807) is 30.9 Å². The molecular formula is C14H20N4O2. The molecule has 0 saturated carbocycles. The van der Waals surface area contributed by atoms with Crippen molar-refractivity contribution in [3.63, 3.8) is 0 Å². The number of urea groups is 1. The summed E-state index contributed by atoms with van der Waals surface area (Å²) in [5.41, 5.74) is 6.70. The zero-order chi connectivity index (χ0) is 14.8. The monoisotopic (exact) mass is 276 g/mol. The third-order valence-corrected chi connectivity index (χ3v) is 2.91. The maximum atomic E-state index is 11.8. The summed E-state index contributed by atoms with van der Waals surface area (Å²) in [5.74, 6) is -0.138. The fourth-order valence-corrected chi connectivity index (χ4v) is 2.09. The summed E-state index contributed by atoms with van der Waals surface area (Å²) < 4.78 is 0. The molecule has 1 heterocycles. The smallest absolute Gasteiger partial charge is 0.321 e. The number of nitrogens with one attached hydrogen (secondary N) is 2. The molecule has 0 unspecified atom stereocenters. The number of rotatable bonds is 4. The number of hydrogen-bond acceptors (Lipinski definition) is 3. The van der Waals surface area contributed by atoms with Crippen LogP contribution in [0.3, 0.4) is 0 Å². The van der Waals surface area contributed by atoms with Crippen molar-refractivity contribution in [3.05, 3.63) is 24.3 Å². The topological polar surface area (TPSA) is 87.5 Å². The van der Waals surface area contributed by atoms with Crippen LogP contribution in [-0.2, 0) is 4.79 Å². The van der Waals surface area contributed by atoms with Gasteiger partial charge in [-0.1, -0.05) is 6.07 Å². The Morgan fingerprint density at radius 2 is 2.25 bits per heavy atom. The van der Waals surface area contributed by atoms with Gasteiger partial charge in [0, 0.05) is 36.4 Å². The highest BCUT2D eigenvalue weighted by atomic mass is 16.2. The third kappa shape index (κ3) is 3.71. The fraction of sp³-hybridized carbons (Fsp3) is 0.429. The second kappa shape index (κ2) is 5.50. The Balaban J connectivity index is 2.06. The van der Waals surface area contributed by atoms with E-state index in [0.717, 1.165) is 5.69 Å². The van der Waals surface area contributed by atoms with Crippen LogP contribution in [0, 0.1) is 0 Å². The van der Waals surface area contributed by atoms with Gasteiger partial charge in [0.2, 0.25) is 5.91 Å². The molecule has 0 aromatic heterocycles. The van der Waals surface area contributed by atoms with Crippen molar-refractivity contribution >= 4 is 23.3 Å². The van der Waals surface area contributed by atoms with Crippen molar-refractivity contribution in [1.29, 1.82) is 0 Å². The number of hydrogen-bond donors (Lipinski definition) is 3. The molecule has 0 bridgehead atoms. The minimum absolute atomic E-state index is 0.114. The molecule has 6 nitrogen and oxygen atoms in total. The lowest BCUT2D eigenvalue weighted by Crippen LogP contribution is -2.36. The summed E-state index contributed by atoms with van der Waals surface area (Å²) in [6.45, 7) is 4.87. The van der Waals surface area contributed by atoms with Crippen molar-refractivity contribution in [1.82, 2.24) is 5.32 Å². The highest BCUT2D eigenvalue weighted by Crippen LogP contribution is 2.21. The van der Waals surface area contributed by atoms with Crippen molar-refractivity contribution in [2.75, 3.05) is 23.3 Å². The van der Waals surface area contributed by atoms with Gasteiger partial charge < -0.3 is 16.4 Å². The number of anilines is 2. The first kappa shape index (κ1) is 14.3. The maximum Gasteiger partial charge on any atom is 0.321 e. The van der Waals surface area contributed by atoms with Crippen LogP contribution in [0.4, 0.5) is 16.2 Å². The Bertz CT molecular complexity index is 522. The summed E-state index contributed by atoms with van der Waals surface area (Å²) in [4.78, 5) is 25.1. The van der Waals surface area contributed by atoms with Crippen LogP contribution < -0.4 is 21.3 Å². The van der Waals surface area contributed by atoms with E-state index in [-0.39, 0.29) is 18.4 Å². The second-order valence-electron chi connectivity index (χ2n) is 5.65. The van der Waals surface area contributed by atoms with Crippen LogP contribution in [0.5, 0.6) is 0 Å². The lowest BCUT2D eigenvalue weighted by atomic mass is 10.0. The minimum atomic E-state index is -0.545. The number of amides is 3. The molecule has 6 heteroatoms. The van der Waals surface area contributed by atoms with Crippen molar-refractivity contribution in [2.45, 2.75) is 25.8 Å². The molecule has 20 heavy (non-hydrogen) atoms. The van der Waals surface area contributed by atoms with Gasteiger partial charge in [-0.15, -0.1) is 0 Å². The summed E-state index contributed by atoms with van der Waals surface area (Å²) in [6.07, 6.45) is 0.238. The fourth-order valence-electron chi connectivity index (χ4n) is 2.09. The standard InChI is InChI=1S/C14H20N4O2/c1-14(2,15)9-12(19)17-10-4-3-5-11(8-10)18-7-6-16-13(18)20/h3-5,8H,6-7,9,15H2,1-2H3,(H,16,20)(H,17,19). The molecular weight excluding hydrogens is 256 g/mol. The van der Waals surface area contributed by atoms with Crippen LogP contribution in [0.15, 0.2) is 24.3 Å². The van der Waals surface area contributed by atoms with Gasteiger partial charge in [-0.2, -0.15) is 0 Å². The first-order valence-corrected chi connectivity index (χ1v) is 6.59. The largest absolute Gasteiger partial charge is 0.336 e. The average molecular weight is 276 g/mol. The molecule has 1 aliphatic rings. The third-order valence-electron chi connectivity index (χ3n) is 2.91. The van der Waals surface area contributed by atoms with Crippen LogP contribution in [0.1, 0.15) is 20.3 Å². The lowest BCUT2D eigenvalue weighted by molar-refractivity contribution is -0.117. The van der Waals surface area contributed by atoms with E-state index in [4.69, 9.17) is 5.73 Å². The minimum Gasteiger partial charge on any atom is -0.336 e. The average Bonchev–Trinajstić information content (AvgIpc) is 2.73. The maximum absolute atomic E-state index is 11.8. The van der Waals surface area contributed by atoms with Gasteiger partial charge in [-0.25, -0.2) is 4.79 Å². The van der Waals surface area contributed by atoms with Crippen LogP contribution in [0.2, 0.25) is 0 Å². The molecule has 4 N–H and O–H groups in total. The molecule has 1 saturated heterocycles. The Hall–Kier alpha value is -2.08. The number of nitrogens with two attached hydrogens (primary N) is 1. The Morgan fingerprint density at radius 3 is 2.85 bits per heavy atom. The summed E-state index contributed by atoms with van der Waals surface area (Å²) in [7, 11) is 0. The number of nitrogens with zero attached hydrogens (tertiary/aromatic N) is 1. The predicted molar refractivity (Wildman–Crippen MR) is 78.7 cm³/mol. The lowest BCUT2D eigenvalue weighted by Gasteiger charge is -2.18. The molecule has 1 fully saturated rings. The van der Waals surface area contributed by atoms with Crippen LogP contribution >= 0.6 is 0 Å². The molecule has 0 aliphatic carbocycles. The van der Waals surface area contributed by atoms with Gasteiger partial charge in [0.1, 0.15) is 0 Å². The first-order chi connectivity index (χ1) is 9.35. The van der Waals surface area contributed by atoms with E-state index in [2.05, 4.69) is 10.6 Å². The second-order valence-corrected chi connectivity index (χ2v) is 5.65. The van der Waals surface area contributed by atoms with Gasteiger partial charge in [0.15, 0.2) is 0 Å². The molecule has 1 aliphatic heterocycles. The van der Waals surface area contributed by atoms with Crippen molar-refractivity contribution in [3.8, 4) is 0 Å². The quantitative estimate of drug-likeness (QED) is 0.774. The molecule has 0 radical (unpaired) electrons. The summed E-state index contributed by atoms with van der Waals surface area (Å²) in [5, 5.41) is 5.54. The van der Waals surface area contributed by atoms with Crippen molar-refractivity contribution < 1.29 is 9.59 Å². The van der Waals surface area contributed by atoms with Gasteiger partial charge in [0.05, 0.1) is 0 Å². The van der Waals surface area contributed by atoms with Gasteiger partial charge >= 0.3 is 6.03 Å². The van der Waals surface area contributed by atoms with E-state index in [1.807, 2.05) is 12.1 Å². The van der Waals surface area contributed by atoms with E-state index in [1.165, 1.54) is 0 Å². The molecule has 1 aromatic carbocycles. The molecule has 2 rings (SSSR count). The van der Waals surface area contributed by atoms with Gasteiger partial charge in [0.25, 0.3) is 0 Å². The first-order valence-electron chi connectivity index (χ1n) is 6.59. The van der Waals surface area contributed by atoms with E-state index < -0.39 is 5.54 Å². The number of carbonyl (C=O) groups excluding carboxylic acids is 2. The zero-order valence-corrected chi connectivity index (χ0v) is 11.8. The predicted octanol–water partition coefficient (Wildman–Crippen LogP) is 1.28. The van der Waals surface area contributed by atoms with Gasteiger partial charge in [-0.05, 0) is 32.0 Å². The molecule has 0 atom stereocenters. The molecule has 108 valence electrons. The number of carbonyl (C=O) groups is 2. The highest BCUT2D eigenvalue weighted by molar-refractivity contribution is 5.96. The molecule has 3 amide bonds. The summed E-state index contributed by atoms with van der Waals surface area (Å²) in [6, 6.07) is 7.11. The number of benzene rings is 1. The van der Waals surface area contributed by atoms with Gasteiger partial charge in [-0.3, -0.25) is 9.69 Å². The van der Waals surface area contributed by atoms with E-state index >= 15 is 0 Å². The SMILES string of the molecule is CC(C)(N)CC(=O)Nc1cccc(N2CCNC2=O)c1. The Labute approximate surface area is 118 Å². The normalized spacial score (nSPS) is 15.2. The Morgan fingerprint density at radius 1 is 1.50 bits per heavy atom. The summed E-state index contributed by atoms with van der Waals surface area (Å²) >= 11 is 0. The zero-order valence-electron chi connectivity index (χ0n) is 11.8. The van der Waals surface area contributed by atoms with Crippen LogP contribution in [-0.4, -0.2) is 30.6 Å². The van der Waals surface area contributed by atoms with Crippen molar-refractivity contribution in [2.24, 2.45) is 5.73 Å². The van der Waals surface area contributed by atoms with E-state index in [0.29, 0.717) is 18.8 Å².